The lowest BCUT2D eigenvalue weighted by Crippen LogP contribution is -2.23. The van der Waals surface area contributed by atoms with Crippen molar-refractivity contribution in [2.45, 2.75) is 19.4 Å². The second kappa shape index (κ2) is 9.13. The molecule has 150 valence electrons. The van der Waals surface area contributed by atoms with Crippen molar-refractivity contribution >= 4 is 5.91 Å². The van der Waals surface area contributed by atoms with Gasteiger partial charge in [-0.25, -0.2) is 9.07 Å². The normalized spacial score (nSPS) is 10.7. The Morgan fingerprint density at radius 1 is 1.00 bits per heavy atom. The third-order valence-corrected chi connectivity index (χ3v) is 4.77. The summed E-state index contributed by atoms with van der Waals surface area (Å²) in [6, 6.07) is 19.9. The highest BCUT2D eigenvalue weighted by molar-refractivity contribution is 5.76. The zero-order valence-electron chi connectivity index (χ0n) is 16.3. The van der Waals surface area contributed by atoms with Crippen LogP contribution >= 0.6 is 0 Å². The number of carbonyl (C=O) groups excluding carboxylic acids is 1. The molecule has 2 heterocycles. The van der Waals surface area contributed by atoms with E-state index in [0.29, 0.717) is 19.4 Å². The van der Waals surface area contributed by atoms with E-state index in [-0.39, 0.29) is 11.7 Å². The summed E-state index contributed by atoms with van der Waals surface area (Å²) in [5, 5.41) is 7.68. The number of nitrogens with one attached hydrogen (secondary N) is 1. The molecule has 0 fully saturated rings. The second-order valence-electron chi connectivity index (χ2n) is 6.93. The maximum absolute atomic E-state index is 13.3. The van der Waals surface area contributed by atoms with E-state index >= 15 is 0 Å². The molecule has 0 spiro atoms. The number of hydrogen-bond donors (Lipinski definition) is 1. The zero-order valence-corrected chi connectivity index (χ0v) is 16.3. The number of rotatable bonds is 7. The fourth-order valence-corrected chi connectivity index (χ4v) is 3.24. The van der Waals surface area contributed by atoms with E-state index in [2.05, 4.69) is 10.3 Å². The van der Waals surface area contributed by atoms with Gasteiger partial charge in [-0.2, -0.15) is 5.10 Å². The van der Waals surface area contributed by atoms with Gasteiger partial charge < -0.3 is 5.32 Å². The summed E-state index contributed by atoms with van der Waals surface area (Å²) in [5.41, 5.74) is 4.38. The van der Waals surface area contributed by atoms with E-state index in [1.54, 1.807) is 18.5 Å². The van der Waals surface area contributed by atoms with E-state index in [0.717, 1.165) is 28.1 Å². The number of aromatic nitrogens is 3. The zero-order chi connectivity index (χ0) is 20.8. The van der Waals surface area contributed by atoms with Gasteiger partial charge in [0.05, 0.1) is 11.4 Å². The van der Waals surface area contributed by atoms with Gasteiger partial charge in [-0.1, -0.05) is 30.3 Å². The summed E-state index contributed by atoms with van der Waals surface area (Å²) < 4.78 is 15.1. The van der Waals surface area contributed by atoms with Crippen molar-refractivity contribution in [1.29, 1.82) is 0 Å². The minimum atomic E-state index is -0.289. The molecule has 0 aliphatic rings. The van der Waals surface area contributed by atoms with Crippen molar-refractivity contribution in [2.24, 2.45) is 0 Å². The van der Waals surface area contributed by atoms with Crippen molar-refractivity contribution in [1.82, 2.24) is 20.1 Å². The van der Waals surface area contributed by atoms with Gasteiger partial charge in [0.25, 0.3) is 0 Å². The lowest BCUT2D eigenvalue weighted by Gasteiger charge is -2.06. The maximum atomic E-state index is 13.3. The number of amides is 1. The highest BCUT2D eigenvalue weighted by Crippen LogP contribution is 2.23. The Bertz CT molecular complexity index is 1130. The monoisotopic (exact) mass is 400 g/mol. The van der Waals surface area contributed by atoms with Crippen LogP contribution in [0.3, 0.4) is 0 Å². The number of pyridine rings is 1. The standard InChI is InChI=1S/C24H21FN4O/c25-21-6-4-5-18(15-21)9-10-23(30)27-16-20-17-29(22-7-2-1-3-8-22)28-24(20)19-11-13-26-14-12-19/h1-8,11-15,17H,9-10,16H2,(H,27,30). The van der Waals surface area contributed by atoms with Crippen LogP contribution in [0.1, 0.15) is 17.5 Å². The Labute approximate surface area is 174 Å². The Hall–Kier alpha value is -3.80. The molecule has 0 atom stereocenters. The first-order valence-corrected chi connectivity index (χ1v) is 9.74. The van der Waals surface area contributed by atoms with Gasteiger partial charge in [0.1, 0.15) is 5.82 Å². The molecule has 0 radical (unpaired) electrons. The van der Waals surface area contributed by atoms with E-state index in [4.69, 9.17) is 5.10 Å². The number of halogens is 1. The molecular formula is C24H21FN4O. The topological polar surface area (TPSA) is 59.8 Å². The van der Waals surface area contributed by atoms with Crippen molar-refractivity contribution in [2.75, 3.05) is 0 Å². The van der Waals surface area contributed by atoms with Gasteiger partial charge in [-0.05, 0) is 48.4 Å². The van der Waals surface area contributed by atoms with Gasteiger partial charge in [-0.3, -0.25) is 9.78 Å². The predicted octanol–water partition coefficient (Wildman–Crippen LogP) is 4.32. The summed E-state index contributed by atoms with van der Waals surface area (Å²) in [7, 11) is 0. The lowest BCUT2D eigenvalue weighted by atomic mass is 10.1. The fraction of sp³-hybridized carbons (Fsp3) is 0.125. The van der Waals surface area contributed by atoms with Crippen LogP contribution in [-0.4, -0.2) is 20.7 Å². The molecule has 0 saturated heterocycles. The number of nitrogens with zero attached hydrogens (tertiary/aromatic N) is 3. The number of hydrogen-bond acceptors (Lipinski definition) is 3. The number of benzene rings is 2. The maximum Gasteiger partial charge on any atom is 0.220 e. The Morgan fingerprint density at radius 2 is 1.80 bits per heavy atom. The lowest BCUT2D eigenvalue weighted by molar-refractivity contribution is -0.121. The summed E-state index contributed by atoms with van der Waals surface area (Å²) in [5.74, 6) is -0.379. The molecule has 2 aromatic heterocycles. The molecule has 4 rings (SSSR count). The largest absolute Gasteiger partial charge is 0.352 e. The van der Waals surface area contributed by atoms with Gasteiger partial charge in [-0.15, -0.1) is 0 Å². The molecule has 1 N–H and O–H groups in total. The van der Waals surface area contributed by atoms with Gasteiger partial charge >= 0.3 is 0 Å². The van der Waals surface area contributed by atoms with Gasteiger partial charge in [0.15, 0.2) is 0 Å². The molecule has 5 nitrogen and oxygen atoms in total. The van der Waals surface area contributed by atoms with E-state index in [9.17, 15) is 9.18 Å². The van der Waals surface area contributed by atoms with Crippen LogP contribution in [0.25, 0.3) is 16.9 Å². The van der Waals surface area contributed by atoms with Crippen LogP contribution in [0.5, 0.6) is 0 Å². The number of carbonyl (C=O) groups is 1. The van der Waals surface area contributed by atoms with Crippen LogP contribution in [-0.2, 0) is 17.8 Å². The predicted molar refractivity (Wildman–Crippen MR) is 113 cm³/mol. The summed E-state index contributed by atoms with van der Waals surface area (Å²) in [6.07, 6.45) is 6.15. The molecule has 0 saturated carbocycles. The second-order valence-corrected chi connectivity index (χ2v) is 6.93. The first-order chi connectivity index (χ1) is 14.7. The minimum Gasteiger partial charge on any atom is -0.352 e. The molecular weight excluding hydrogens is 379 g/mol. The minimum absolute atomic E-state index is 0.0904. The molecule has 0 aliphatic heterocycles. The summed E-state index contributed by atoms with van der Waals surface area (Å²) in [4.78, 5) is 16.4. The Morgan fingerprint density at radius 3 is 2.57 bits per heavy atom. The number of aryl methyl sites for hydroxylation is 1. The third-order valence-electron chi connectivity index (χ3n) is 4.77. The average molecular weight is 400 g/mol. The van der Waals surface area contributed by atoms with Crippen molar-refractivity contribution in [3.05, 3.63) is 102 Å². The smallest absolute Gasteiger partial charge is 0.220 e. The van der Waals surface area contributed by atoms with Crippen molar-refractivity contribution in [3.8, 4) is 16.9 Å². The van der Waals surface area contributed by atoms with Crippen LogP contribution in [0.2, 0.25) is 0 Å². The molecule has 0 unspecified atom stereocenters. The fourth-order valence-electron chi connectivity index (χ4n) is 3.24. The third kappa shape index (κ3) is 4.78. The average Bonchev–Trinajstić information content (AvgIpc) is 3.22. The molecule has 2 aromatic carbocycles. The first-order valence-electron chi connectivity index (χ1n) is 9.74. The molecule has 4 aromatic rings. The Kier molecular flexibility index (Phi) is 5.94. The summed E-state index contributed by atoms with van der Waals surface area (Å²) in [6.45, 7) is 0.354. The van der Waals surface area contributed by atoms with E-state index < -0.39 is 0 Å². The van der Waals surface area contributed by atoms with Crippen molar-refractivity contribution in [3.63, 3.8) is 0 Å². The van der Waals surface area contributed by atoms with Gasteiger partial charge in [0.2, 0.25) is 5.91 Å². The van der Waals surface area contributed by atoms with Crippen LogP contribution in [0.15, 0.2) is 85.3 Å². The summed E-state index contributed by atoms with van der Waals surface area (Å²) >= 11 is 0. The van der Waals surface area contributed by atoms with E-state index in [1.165, 1.54) is 12.1 Å². The molecule has 1 amide bonds. The van der Waals surface area contributed by atoms with Gasteiger partial charge in [0, 0.05) is 42.7 Å². The highest BCUT2D eigenvalue weighted by Gasteiger charge is 2.13. The molecule has 0 bridgehead atoms. The van der Waals surface area contributed by atoms with Crippen LogP contribution < -0.4 is 5.32 Å². The molecule has 30 heavy (non-hydrogen) atoms. The van der Waals surface area contributed by atoms with E-state index in [1.807, 2.05) is 59.4 Å². The van der Waals surface area contributed by atoms with Crippen LogP contribution in [0.4, 0.5) is 4.39 Å². The first kappa shape index (κ1) is 19.5. The Balaban J connectivity index is 1.48. The quantitative estimate of drug-likeness (QED) is 0.503. The number of para-hydroxylation sites is 1. The highest BCUT2D eigenvalue weighted by atomic mass is 19.1. The van der Waals surface area contributed by atoms with Crippen LogP contribution in [0, 0.1) is 5.82 Å². The molecule has 6 heteroatoms. The molecule has 0 aliphatic carbocycles. The van der Waals surface area contributed by atoms with Crippen molar-refractivity contribution < 1.29 is 9.18 Å². The SMILES string of the molecule is O=C(CCc1cccc(F)c1)NCc1cn(-c2ccccc2)nc1-c1ccncc1.